The summed E-state index contributed by atoms with van der Waals surface area (Å²) in [5, 5.41) is 0. The van der Waals surface area contributed by atoms with E-state index >= 15 is 0 Å². The van der Waals surface area contributed by atoms with E-state index in [0.29, 0.717) is 17.2 Å². The van der Waals surface area contributed by atoms with E-state index in [1.54, 1.807) is 12.3 Å². The van der Waals surface area contributed by atoms with Crippen molar-refractivity contribution >= 4 is 33.0 Å². The van der Waals surface area contributed by atoms with Gasteiger partial charge in [0, 0.05) is 12.5 Å². The van der Waals surface area contributed by atoms with E-state index in [4.69, 9.17) is 16.0 Å². The zero-order valence-electron chi connectivity index (χ0n) is 10.3. The van der Waals surface area contributed by atoms with Gasteiger partial charge in [0.25, 0.3) is 0 Å². The standard InChI is InChI=1S/C12H14ClNO3S2/c1-9(4-5-10-3-2-8-17-10)14-19(15,16)12-7-6-11(13)18-12/h2-3,6-9,14H,4-5H2,1H3/t9-/m0/s1. The lowest BCUT2D eigenvalue weighted by Gasteiger charge is -2.12. The molecule has 2 rings (SSSR count). The van der Waals surface area contributed by atoms with Gasteiger partial charge in [-0.3, -0.25) is 0 Å². The normalized spacial score (nSPS) is 13.6. The molecule has 104 valence electrons. The molecule has 0 aliphatic heterocycles. The molecule has 4 nitrogen and oxygen atoms in total. The molecule has 0 aliphatic carbocycles. The molecule has 0 fully saturated rings. The van der Waals surface area contributed by atoms with Crippen LogP contribution < -0.4 is 4.72 Å². The molecule has 0 unspecified atom stereocenters. The second-order valence-electron chi connectivity index (χ2n) is 4.20. The van der Waals surface area contributed by atoms with Crippen LogP contribution in [-0.2, 0) is 16.4 Å². The average molecular weight is 320 g/mol. The van der Waals surface area contributed by atoms with Crippen LogP contribution in [0.3, 0.4) is 0 Å². The highest BCUT2D eigenvalue weighted by Gasteiger charge is 2.19. The lowest BCUT2D eigenvalue weighted by atomic mass is 10.2. The quantitative estimate of drug-likeness (QED) is 0.888. The van der Waals surface area contributed by atoms with Crippen molar-refractivity contribution in [3.8, 4) is 0 Å². The van der Waals surface area contributed by atoms with Crippen LogP contribution in [-0.4, -0.2) is 14.5 Å². The first-order chi connectivity index (χ1) is 8.97. The summed E-state index contributed by atoms with van der Waals surface area (Å²) in [6.07, 6.45) is 2.98. The molecule has 0 radical (unpaired) electrons. The lowest BCUT2D eigenvalue weighted by molar-refractivity contribution is 0.480. The Kier molecular flexibility index (Phi) is 4.67. The fraction of sp³-hybridized carbons (Fsp3) is 0.333. The van der Waals surface area contributed by atoms with E-state index in [1.807, 2.05) is 19.1 Å². The van der Waals surface area contributed by atoms with Crippen LogP contribution in [0.4, 0.5) is 0 Å². The predicted octanol–water partition coefficient (Wildman–Crippen LogP) is 3.29. The van der Waals surface area contributed by atoms with Gasteiger partial charge >= 0.3 is 0 Å². The highest BCUT2D eigenvalue weighted by molar-refractivity contribution is 7.91. The number of furan rings is 1. The van der Waals surface area contributed by atoms with Crippen LogP contribution in [0.2, 0.25) is 4.34 Å². The van der Waals surface area contributed by atoms with Crippen LogP contribution in [0.5, 0.6) is 0 Å². The van der Waals surface area contributed by atoms with Gasteiger partial charge in [-0.25, -0.2) is 13.1 Å². The van der Waals surface area contributed by atoms with Crippen molar-refractivity contribution in [3.63, 3.8) is 0 Å². The smallest absolute Gasteiger partial charge is 0.250 e. The molecule has 0 aromatic carbocycles. The molecular weight excluding hydrogens is 306 g/mol. The molecule has 2 aromatic rings. The minimum Gasteiger partial charge on any atom is -0.469 e. The molecule has 7 heteroatoms. The molecule has 19 heavy (non-hydrogen) atoms. The molecule has 0 saturated heterocycles. The van der Waals surface area contributed by atoms with Gasteiger partial charge in [0.15, 0.2) is 0 Å². The minimum absolute atomic E-state index is 0.170. The van der Waals surface area contributed by atoms with E-state index in [9.17, 15) is 8.42 Å². The highest BCUT2D eigenvalue weighted by atomic mass is 35.5. The Morgan fingerprint density at radius 2 is 2.21 bits per heavy atom. The van der Waals surface area contributed by atoms with Crippen molar-refractivity contribution in [2.45, 2.75) is 30.0 Å². The maximum absolute atomic E-state index is 12.0. The number of aryl methyl sites for hydroxylation is 1. The Balaban J connectivity index is 1.92. The molecule has 0 saturated carbocycles. The Morgan fingerprint density at radius 3 is 2.79 bits per heavy atom. The first-order valence-corrected chi connectivity index (χ1v) is 8.45. The SMILES string of the molecule is C[C@@H](CCc1ccco1)NS(=O)(=O)c1ccc(Cl)s1. The van der Waals surface area contributed by atoms with Gasteiger partial charge < -0.3 is 4.42 Å². The van der Waals surface area contributed by atoms with Crippen LogP contribution in [0.15, 0.2) is 39.2 Å². The second kappa shape index (κ2) is 6.09. The predicted molar refractivity (Wildman–Crippen MR) is 76.1 cm³/mol. The molecule has 0 spiro atoms. The zero-order valence-corrected chi connectivity index (χ0v) is 12.7. The van der Waals surface area contributed by atoms with Crippen molar-refractivity contribution in [1.29, 1.82) is 0 Å². The topological polar surface area (TPSA) is 59.3 Å². The highest BCUT2D eigenvalue weighted by Crippen LogP contribution is 2.25. The number of halogens is 1. The number of rotatable bonds is 6. The van der Waals surface area contributed by atoms with Crippen LogP contribution in [0.25, 0.3) is 0 Å². The summed E-state index contributed by atoms with van der Waals surface area (Å²) in [5.41, 5.74) is 0. The summed E-state index contributed by atoms with van der Waals surface area (Å²) in [6, 6.07) is 6.61. The van der Waals surface area contributed by atoms with Crippen molar-refractivity contribution in [2.75, 3.05) is 0 Å². The van der Waals surface area contributed by atoms with Gasteiger partial charge in [0.1, 0.15) is 9.97 Å². The van der Waals surface area contributed by atoms with Gasteiger partial charge in [-0.05, 0) is 37.6 Å². The summed E-state index contributed by atoms with van der Waals surface area (Å²) < 4.78 is 32.6. The van der Waals surface area contributed by atoms with Gasteiger partial charge in [-0.1, -0.05) is 11.6 Å². The lowest BCUT2D eigenvalue weighted by Crippen LogP contribution is -2.32. The van der Waals surface area contributed by atoms with Gasteiger partial charge in [-0.2, -0.15) is 0 Å². The first-order valence-electron chi connectivity index (χ1n) is 5.77. The fourth-order valence-electron chi connectivity index (χ4n) is 1.64. The molecule has 2 aromatic heterocycles. The molecule has 0 aliphatic rings. The van der Waals surface area contributed by atoms with Crippen LogP contribution in [0, 0.1) is 0 Å². The third kappa shape index (κ3) is 4.07. The molecule has 0 bridgehead atoms. The number of hydrogen-bond acceptors (Lipinski definition) is 4. The van der Waals surface area contributed by atoms with E-state index in [0.717, 1.165) is 17.1 Å². The van der Waals surface area contributed by atoms with Crippen LogP contribution in [0.1, 0.15) is 19.1 Å². The third-order valence-electron chi connectivity index (χ3n) is 2.57. The molecule has 1 atom stereocenters. The molecule has 0 amide bonds. The van der Waals surface area contributed by atoms with Gasteiger partial charge in [0.2, 0.25) is 10.0 Å². The Hall–Kier alpha value is -0.820. The number of thiophene rings is 1. The second-order valence-corrected chi connectivity index (χ2v) is 7.85. The maximum atomic E-state index is 12.0. The van der Waals surface area contributed by atoms with E-state index in [1.165, 1.54) is 6.07 Å². The van der Waals surface area contributed by atoms with Crippen molar-refractivity contribution in [3.05, 3.63) is 40.6 Å². The Labute approximate surface area is 121 Å². The van der Waals surface area contributed by atoms with Crippen molar-refractivity contribution in [2.24, 2.45) is 0 Å². The van der Waals surface area contributed by atoms with Gasteiger partial charge in [-0.15, -0.1) is 11.3 Å². The summed E-state index contributed by atoms with van der Waals surface area (Å²) in [6.45, 7) is 1.83. The monoisotopic (exact) mass is 319 g/mol. The van der Waals surface area contributed by atoms with Gasteiger partial charge in [0.05, 0.1) is 10.6 Å². The summed E-state index contributed by atoms with van der Waals surface area (Å²) >= 11 is 6.79. The number of hydrogen-bond donors (Lipinski definition) is 1. The Bertz CT molecular complexity index is 619. The Morgan fingerprint density at radius 1 is 1.42 bits per heavy atom. The molecular formula is C12H14ClNO3S2. The third-order valence-corrected chi connectivity index (χ3v) is 5.89. The minimum atomic E-state index is -3.48. The average Bonchev–Trinajstić information content (AvgIpc) is 2.96. The van der Waals surface area contributed by atoms with Crippen LogP contribution >= 0.6 is 22.9 Å². The fourth-order valence-corrected chi connectivity index (χ4v) is 4.41. The summed E-state index contributed by atoms with van der Waals surface area (Å²) in [4.78, 5) is 0. The molecule has 2 heterocycles. The maximum Gasteiger partial charge on any atom is 0.250 e. The number of nitrogens with one attached hydrogen (secondary N) is 1. The summed E-state index contributed by atoms with van der Waals surface area (Å²) in [7, 11) is -3.48. The zero-order chi connectivity index (χ0) is 13.9. The van der Waals surface area contributed by atoms with E-state index in [-0.39, 0.29) is 10.3 Å². The summed E-state index contributed by atoms with van der Waals surface area (Å²) in [5.74, 6) is 0.852. The van der Waals surface area contributed by atoms with Crippen molar-refractivity contribution < 1.29 is 12.8 Å². The largest absolute Gasteiger partial charge is 0.469 e. The first kappa shape index (κ1) is 14.6. The van der Waals surface area contributed by atoms with Crippen molar-refractivity contribution in [1.82, 2.24) is 4.72 Å². The molecule has 1 N–H and O–H groups in total. The number of sulfonamides is 1. The van der Waals surface area contributed by atoms with E-state index in [2.05, 4.69) is 4.72 Å². The van der Waals surface area contributed by atoms with E-state index < -0.39 is 10.0 Å².